The molecule has 0 aliphatic carbocycles. The zero-order chi connectivity index (χ0) is 20.1. The molecule has 0 bridgehead atoms. The Labute approximate surface area is 164 Å². The maximum absolute atomic E-state index is 11.9. The zero-order valence-electron chi connectivity index (χ0n) is 15.8. The molecule has 9 heteroatoms. The number of ether oxygens (including phenoxy) is 2. The maximum Gasteiger partial charge on any atom is 0.236 e. The van der Waals surface area contributed by atoms with E-state index in [0.29, 0.717) is 18.0 Å². The van der Waals surface area contributed by atoms with Gasteiger partial charge in [0.25, 0.3) is 0 Å². The first kappa shape index (κ1) is 20.0. The van der Waals surface area contributed by atoms with Crippen molar-refractivity contribution in [2.75, 3.05) is 33.1 Å². The Morgan fingerprint density at radius 3 is 2.50 bits per heavy atom. The van der Waals surface area contributed by atoms with Crippen LogP contribution in [-0.2, 0) is 16.4 Å². The first-order valence-corrected chi connectivity index (χ1v) is 10.4. The van der Waals surface area contributed by atoms with E-state index in [4.69, 9.17) is 15.0 Å². The van der Waals surface area contributed by atoms with E-state index < -0.39 is 10.0 Å². The van der Waals surface area contributed by atoms with Gasteiger partial charge in [0.15, 0.2) is 11.5 Å². The molecule has 0 saturated carbocycles. The van der Waals surface area contributed by atoms with Crippen molar-refractivity contribution in [3.63, 3.8) is 0 Å². The van der Waals surface area contributed by atoms with E-state index in [0.717, 1.165) is 23.1 Å². The van der Waals surface area contributed by atoms with Crippen molar-refractivity contribution in [3.8, 4) is 11.5 Å². The molecule has 28 heavy (non-hydrogen) atoms. The fourth-order valence-electron chi connectivity index (χ4n) is 3.59. The van der Waals surface area contributed by atoms with Crippen LogP contribution in [0, 0.1) is 0 Å². The Balaban J connectivity index is 2.02. The molecular weight excluding hydrogens is 380 g/mol. The predicted molar refractivity (Wildman–Crippen MR) is 106 cm³/mol. The van der Waals surface area contributed by atoms with E-state index in [-0.39, 0.29) is 18.3 Å². The van der Waals surface area contributed by atoms with Crippen LogP contribution in [0.2, 0.25) is 0 Å². The summed E-state index contributed by atoms with van der Waals surface area (Å²) < 4.78 is 37.5. The Bertz CT molecular complexity index is 988. The van der Waals surface area contributed by atoms with Crippen molar-refractivity contribution >= 4 is 10.0 Å². The number of nitrogens with zero attached hydrogens (tertiary/aromatic N) is 4. The molecule has 0 aromatic heterocycles. The van der Waals surface area contributed by atoms with Crippen LogP contribution in [0.3, 0.4) is 0 Å². The van der Waals surface area contributed by atoms with Gasteiger partial charge in [-0.15, -0.1) is 0 Å². The number of methoxy groups -OCH3 is 2. The average molecular weight is 402 g/mol. The van der Waals surface area contributed by atoms with E-state index in [1.54, 1.807) is 14.2 Å². The molecule has 1 aliphatic rings. The fraction of sp³-hybridized carbons (Fsp3) is 0.368. The van der Waals surface area contributed by atoms with Crippen LogP contribution < -0.4 is 9.47 Å². The highest BCUT2D eigenvalue weighted by atomic mass is 32.2. The van der Waals surface area contributed by atoms with Gasteiger partial charge in [0.2, 0.25) is 10.0 Å². The molecule has 2 aromatic rings. The van der Waals surface area contributed by atoms with Gasteiger partial charge in [0, 0.05) is 22.5 Å². The average Bonchev–Trinajstić information content (AvgIpc) is 2.71. The van der Waals surface area contributed by atoms with Gasteiger partial charge < -0.3 is 9.47 Å². The summed E-state index contributed by atoms with van der Waals surface area (Å²) in [6, 6.07) is 13.7. The lowest BCUT2D eigenvalue weighted by atomic mass is 9.87. The summed E-state index contributed by atoms with van der Waals surface area (Å²) in [5.74, 6) is 1.07. The normalized spacial score (nSPS) is 16.7. The highest BCUT2D eigenvalue weighted by Crippen LogP contribution is 2.40. The van der Waals surface area contributed by atoms with E-state index in [9.17, 15) is 8.42 Å². The van der Waals surface area contributed by atoms with Crippen LogP contribution in [0.1, 0.15) is 22.7 Å². The van der Waals surface area contributed by atoms with Gasteiger partial charge in [-0.1, -0.05) is 30.3 Å². The summed E-state index contributed by atoms with van der Waals surface area (Å²) >= 11 is 0. The lowest BCUT2D eigenvalue weighted by molar-refractivity contribution is 0.224. The Morgan fingerprint density at radius 2 is 1.86 bits per heavy atom. The molecule has 8 nitrogen and oxygen atoms in total. The summed E-state index contributed by atoms with van der Waals surface area (Å²) in [5.41, 5.74) is 11.7. The summed E-state index contributed by atoms with van der Waals surface area (Å²) in [7, 11) is -0.618. The van der Waals surface area contributed by atoms with Crippen molar-refractivity contribution in [1.29, 1.82) is 0 Å². The monoisotopic (exact) mass is 402 g/mol. The molecule has 0 fully saturated rings. The van der Waals surface area contributed by atoms with Gasteiger partial charge in [0.1, 0.15) is 0 Å². The Morgan fingerprint density at radius 1 is 1.18 bits per heavy atom. The van der Waals surface area contributed by atoms with Gasteiger partial charge in [0.05, 0.1) is 26.0 Å². The second-order valence-corrected chi connectivity index (χ2v) is 8.20. The predicted octanol–water partition coefficient (Wildman–Crippen LogP) is 3.29. The zero-order valence-corrected chi connectivity index (χ0v) is 16.6. The number of azide groups is 1. The third-order valence-corrected chi connectivity index (χ3v) is 5.91. The SMILES string of the molecule is COc1cc2c(cc1OC)C(c1ccccc1)N(CCS(=O)(=O)N=[N+]=[N-])CC2. The lowest BCUT2D eigenvalue weighted by Gasteiger charge is -2.38. The molecule has 1 unspecified atom stereocenters. The summed E-state index contributed by atoms with van der Waals surface area (Å²) in [6.07, 6.45) is 0.751. The van der Waals surface area contributed by atoms with Gasteiger partial charge >= 0.3 is 0 Å². The molecule has 0 amide bonds. The van der Waals surface area contributed by atoms with E-state index >= 15 is 0 Å². The maximum atomic E-state index is 11.9. The molecule has 3 rings (SSSR count). The van der Waals surface area contributed by atoms with E-state index in [1.165, 1.54) is 0 Å². The Hall–Kier alpha value is -2.74. The minimum Gasteiger partial charge on any atom is -0.493 e. The van der Waals surface area contributed by atoms with Gasteiger partial charge in [-0.3, -0.25) is 4.90 Å². The fourth-order valence-corrected chi connectivity index (χ4v) is 4.25. The second kappa shape index (κ2) is 8.52. The van der Waals surface area contributed by atoms with Crippen molar-refractivity contribution in [1.82, 2.24) is 4.90 Å². The number of rotatable bonds is 7. The van der Waals surface area contributed by atoms with Crippen LogP contribution in [0.25, 0.3) is 10.4 Å². The van der Waals surface area contributed by atoms with E-state index in [2.05, 4.69) is 14.3 Å². The number of hydrogen-bond donors (Lipinski definition) is 0. The second-order valence-electron chi connectivity index (χ2n) is 6.46. The minimum atomic E-state index is -3.82. The Kier molecular flexibility index (Phi) is 6.08. The van der Waals surface area contributed by atoms with Gasteiger partial charge in [-0.05, 0) is 40.8 Å². The van der Waals surface area contributed by atoms with Crippen LogP contribution in [0.4, 0.5) is 0 Å². The highest BCUT2D eigenvalue weighted by Gasteiger charge is 2.31. The minimum absolute atomic E-state index is 0.133. The third kappa shape index (κ3) is 4.22. The van der Waals surface area contributed by atoms with E-state index in [1.807, 2.05) is 42.5 Å². The molecule has 2 aromatic carbocycles. The first-order chi connectivity index (χ1) is 13.5. The summed E-state index contributed by atoms with van der Waals surface area (Å²) in [4.78, 5) is 4.51. The third-order valence-electron chi connectivity index (χ3n) is 4.89. The molecule has 1 aliphatic heterocycles. The number of hydrogen-bond acceptors (Lipinski definition) is 5. The smallest absolute Gasteiger partial charge is 0.236 e. The van der Waals surface area contributed by atoms with Crippen molar-refractivity contribution < 1.29 is 17.9 Å². The van der Waals surface area contributed by atoms with Crippen LogP contribution in [-0.4, -0.2) is 46.4 Å². The van der Waals surface area contributed by atoms with Crippen molar-refractivity contribution in [3.05, 3.63) is 69.6 Å². The molecule has 0 saturated heterocycles. The van der Waals surface area contributed by atoms with Crippen LogP contribution in [0.5, 0.6) is 11.5 Å². The van der Waals surface area contributed by atoms with Crippen LogP contribution in [0.15, 0.2) is 47.0 Å². The number of sulfonamides is 1. The lowest BCUT2D eigenvalue weighted by Crippen LogP contribution is -2.38. The molecular formula is C19H22N4O4S. The standard InChI is InChI=1S/C19H22N4O4S/c1-26-17-12-15-8-9-23(10-11-28(24,25)22-21-20)19(14-6-4-3-5-7-14)16(15)13-18(17)27-2/h3-7,12-13,19H,8-11H2,1-2H3. The van der Waals surface area contributed by atoms with Crippen LogP contribution >= 0.6 is 0 Å². The first-order valence-electron chi connectivity index (χ1n) is 8.82. The topological polar surface area (TPSA) is 105 Å². The quantitative estimate of drug-likeness (QED) is 0.401. The number of benzene rings is 2. The highest BCUT2D eigenvalue weighted by molar-refractivity contribution is 7.90. The number of fused-ring (bicyclic) bond motifs is 1. The molecule has 1 atom stereocenters. The van der Waals surface area contributed by atoms with Gasteiger partial charge in [-0.2, -0.15) is 0 Å². The van der Waals surface area contributed by atoms with Crippen molar-refractivity contribution in [2.45, 2.75) is 12.5 Å². The van der Waals surface area contributed by atoms with Crippen molar-refractivity contribution in [2.24, 2.45) is 4.52 Å². The summed E-state index contributed by atoms with van der Waals surface area (Å²) in [5, 5.41) is 0. The molecule has 0 N–H and O–H groups in total. The molecule has 0 radical (unpaired) electrons. The molecule has 0 spiro atoms. The summed E-state index contributed by atoms with van der Waals surface area (Å²) in [6.45, 7) is 0.933. The molecule has 148 valence electrons. The van der Waals surface area contributed by atoms with Gasteiger partial charge in [-0.25, -0.2) is 8.42 Å². The largest absolute Gasteiger partial charge is 0.493 e. The molecule has 1 heterocycles.